The van der Waals surface area contributed by atoms with Gasteiger partial charge in [0.25, 0.3) is 0 Å². The molecule has 3 atom stereocenters. The number of fused-ring (bicyclic) bond motifs is 1. The van der Waals surface area contributed by atoms with Crippen LogP contribution in [0.5, 0.6) is 5.75 Å². The fourth-order valence-corrected chi connectivity index (χ4v) is 21.2. The summed E-state index contributed by atoms with van der Waals surface area (Å²) in [7, 11) is 1.45. The van der Waals surface area contributed by atoms with Gasteiger partial charge in [0, 0.05) is 0 Å². The molecule has 0 aromatic heterocycles. The molecule has 5 nitrogen and oxygen atoms in total. The molecule has 34 heavy (non-hydrogen) atoms. The molecule has 0 bridgehead atoms. The summed E-state index contributed by atoms with van der Waals surface area (Å²) < 4.78 is 18.1. The Morgan fingerprint density at radius 2 is 1.62 bits per heavy atom. The van der Waals surface area contributed by atoms with Crippen molar-refractivity contribution in [1.29, 1.82) is 0 Å². The number of carbonyl (C=O) groups excluding carboxylic acids is 2. The summed E-state index contributed by atoms with van der Waals surface area (Å²) in [4.78, 5) is 27.3. The SMILES string of the molecule is CCC[CH2][Sn](/[CH]=C1/[C@@H](CC(=O)OC)CN2C(=O)[C@H](Oc3ccccc3)[C@H]12)([CH2]CCC)[CH2]CCC. The molecule has 0 saturated carbocycles. The first kappa shape index (κ1) is 27.1. The quantitative estimate of drug-likeness (QED) is 0.152. The number of methoxy groups -OCH3 is 1. The maximum atomic E-state index is 13.1. The molecule has 2 saturated heterocycles. The van der Waals surface area contributed by atoms with Crippen LogP contribution in [0.4, 0.5) is 0 Å². The fraction of sp³-hybridized carbons (Fsp3) is 0.643. The molecule has 0 radical (unpaired) electrons. The molecule has 1 amide bonds. The normalized spacial score (nSPS) is 23.1. The Morgan fingerprint density at radius 3 is 2.15 bits per heavy atom. The van der Waals surface area contributed by atoms with E-state index in [0.717, 1.165) is 5.75 Å². The molecular weight excluding hydrogens is 533 g/mol. The molecular formula is C28H43NO4Sn. The number of carbonyl (C=O) groups is 2. The molecule has 0 spiro atoms. The molecule has 1 aromatic carbocycles. The predicted octanol–water partition coefficient (Wildman–Crippen LogP) is 6.15. The van der Waals surface area contributed by atoms with Crippen LogP contribution in [0.25, 0.3) is 0 Å². The van der Waals surface area contributed by atoms with Crippen LogP contribution >= 0.6 is 0 Å². The van der Waals surface area contributed by atoms with Crippen LogP contribution in [-0.4, -0.2) is 61.0 Å². The second-order valence-electron chi connectivity index (χ2n) is 10.1. The average Bonchev–Trinajstić information content (AvgIpc) is 3.17. The molecule has 0 aliphatic carbocycles. The van der Waals surface area contributed by atoms with Crippen LogP contribution in [0.1, 0.15) is 65.7 Å². The Hall–Kier alpha value is -1.50. The molecule has 0 N–H and O–H groups in total. The van der Waals surface area contributed by atoms with E-state index in [1.54, 1.807) is 0 Å². The van der Waals surface area contributed by atoms with Gasteiger partial charge >= 0.3 is 211 Å². The third-order valence-corrected chi connectivity index (χ3v) is 21.8. The Labute approximate surface area is 210 Å². The number of amides is 1. The second kappa shape index (κ2) is 13.0. The minimum atomic E-state index is -2.65. The van der Waals surface area contributed by atoms with Gasteiger partial charge in [-0.3, -0.25) is 0 Å². The summed E-state index contributed by atoms with van der Waals surface area (Å²) >= 11 is -2.65. The number of benzene rings is 1. The number of hydrogen-bond acceptors (Lipinski definition) is 4. The first-order valence-electron chi connectivity index (χ1n) is 13.3. The van der Waals surface area contributed by atoms with Gasteiger partial charge in [0.2, 0.25) is 0 Å². The van der Waals surface area contributed by atoms with Crippen molar-refractivity contribution in [1.82, 2.24) is 4.90 Å². The third kappa shape index (κ3) is 6.38. The van der Waals surface area contributed by atoms with Crippen molar-refractivity contribution >= 4 is 30.3 Å². The van der Waals surface area contributed by atoms with Crippen LogP contribution in [0.3, 0.4) is 0 Å². The van der Waals surface area contributed by atoms with Crippen LogP contribution in [0.2, 0.25) is 13.3 Å². The van der Waals surface area contributed by atoms with Crippen LogP contribution < -0.4 is 4.74 Å². The zero-order valence-electron chi connectivity index (χ0n) is 21.6. The van der Waals surface area contributed by atoms with Gasteiger partial charge in [-0.1, -0.05) is 0 Å². The Morgan fingerprint density at radius 1 is 1.03 bits per heavy atom. The summed E-state index contributed by atoms with van der Waals surface area (Å²) in [6.45, 7) is 7.47. The van der Waals surface area contributed by atoms with Crippen molar-refractivity contribution in [2.24, 2.45) is 5.92 Å². The number of para-hydroxylation sites is 1. The van der Waals surface area contributed by atoms with Crippen molar-refractivity contribution in [3.63, 3.8) is 0 Å². The van der Waals surface area contributed by atoms with Gasteiger partial charge in [-0.2, -0.15) is 0 Å². The molecule has 0 unspecified atom stereocenters. The summed E-state index contributed by atoms with van der Waals surface area (Å²) in [6, 6.07) is 9.60. The molecule has 2 heterocycles. The van der Waals surface area contributed by atoms with E-state index < -0.39 is 24.5 Å². The molecule has 2 aliphatic heterocycles. The molecule has 188 valence electrons. The second-order valence-corrected chi connectivity index (χ2v) is 23.0. The Kier molecular flexibility index (Phi) is 10.3. The molecule has 6 heteroatoms. The predicted molar refractivity (Wildman–Crippen MR) is 139 cm³/mol. The van der Waals surface area contributed by atoms with E-state index in [-0.39, 0.29) is 23.8 Å². The van der Waals surface area contributed by atoms with Crippen molar-refractivity contribution < 1.29 is 19.1 Å². The minimum absolute atomic E-state index is 0.0386. The maximum absolute atomic E-state index is 13.1. The number of esters is 1. The summed E-state index contributed by atoms with van der Waals surface area (Å²) in [5.41, 5.74) is 1.31. The van der Waals surface area contributed by atoms with E-state index in [1.807, 2.05) is 35.2 Å². The number of β-lactam (4-membered cyclic amide) rings is 1. The Balaban J connectivity index is 1.98. The number of rotatable bonds is 14. The third-order valence-electron chi connectivity index (χ3n) is 7.58. The van der Waals surface area contributed by atoms with Crippen LogP contribution in [-0.2, 0) is 14.3 Å². The summed E-state index contributed by atoms with van der Waals surface area (Å²) in [6.07, 6.45) is 7.38. The van der Waals surface area contributed by atoms with E-state index in [9.17, 15) is 9.59 Å². The zero-order chi connectivity index (χ0) is 24.6. The molecule has 1 aromatic rings. The fourth-order valence-electron chi connectivity index (χ4n) is 5.62. The number of hydrogen-bond donors (Lipinski definition) is 0. The van der Waals surface area contributed by atoms with Gasteiger partial charge in [-0.05, 0) is 0 Å². The standard InChI is InChI=1S/C16H16NO4.3C4H9.Sn/c1-10-11(8-13(18)20-2)9-17-14(10)15(16(17)19)21-12-6-4-3-5-7-12;3*1-3-4-2;/h1,3-7,11,14-15H,8-9H2,2H3;3*1,3-4H2,2H3;/t11-,14-,15+;;;;/m0..../s1. The number of ether oxygens (including phenoxy) is 2. The van der Waals surface area contributed by atoms with Gasteiger partial charge in [0.15, 0.2) is 0 Å². The number of nitrogens with zero attached hydrogens (tertiary/aromatic N) is 1. The van der Waals surface area contributed by atoms with E-state index in [1.165, 1.54) is 64.5 Å². The van der Waals surface area contributed by atoms with Crippen LogP contribution in [0.15, 0.2) is 40.0 Å². The van der Waals surface area contributed by atoms with Crippen molar-refractivity contribution in [3.05, 3.63) is 40.0 Å². The molecule has 2 fully saturated rings. The van der Waals surface area contributed by atoms with Gasteiger partial charge < -0.3 is 0 Å². The van der Waals surface area contributed by atoms with E-state index >= 15 is 0 Å². The van der Waals surface area contributed by atoms with Crippen LogP contribution in [0, 0.1) is 5.92 Å². The van der Waals surface area contributed by atoms with E-state index in [2.05, 4.69) is 24.9 Å². The van der Waals surface area contributed by atoms with Gasteiger partial charge in [-0.15, -0.1) is 0 Å². The Bertz CT molecular complexity index is 818. The zero-order valence-corrected chi connectivity index (χ0v) is 24.4. The van der Waals surface area contributed by atoms with Gasteiger partial charge in [-0.25, -0.2) is 0 Å². The summed E-state index contributed by atoms with van der Waals surface area (Å²) in [5.74, 6) is 0.632. The molecule has 2 aliphatic rings. The first-order valence-corrected chi connectivity index (χ1v) is 21.0. The van der Waals surface area contributed by atoms with Crippen molar-refractivity contribution in [2.45, 2.75) is 91.2 Å². The van der Waals surface area contributed by atoms with E-state index in [4.69, 9.17) is 9.47 Å². The number of unbranched alkanes of at least 4 members (excludes halogenated alkanes) is 3. The summed E-state index contributed by atoms with van der Waals surface area (Å²) in [5, 5.41) is 0. The van der Waals surface area contributed by atoms with Crippen molar-refractivity contribution in [3.8, 4) is 5.75 Å². The first-order chi connectivity index (χ1) is 16.5. The van der Waals surface area contributed by atoms with E-state index in [0.29, 0.717) is 13.0 Å². The van der Waals surface area contributed by atoms with Gasteiger partial charge in [0.1, 0.15) is 0 Å². The monoisotopic (exact) mass is 577 g/mol. The van der Waals surface area contributed by atoms with Gasteiger partial charge in [0.05, 0.1) is 0 Å². The average molecular weight is 576 g/mol. The molecule has 3 rings (SSSR count). The topological polar surface area (TPSA) is 55.8 Å². The van der Waals surface area contributed by atoms with Crippen molar-refractivity contribution in [2.75, 3.05) is 13.7 Å².